The first kappa shape index (κ1) is 20.3. The lowest BCUT2D eigenvalue weighted by Crippen LogP contribution is -2.51. The highest BCUT2D eigenvalue weighted by Crippen LogP contribution is 2.16. The van der Waals surface area contributed by atoms with Gasteiger partial charge in [0, 0.05) is 37.9 Å². The zero-order valence-corrected chi connectivity index (χ0v) is 16.9. The fourth-order valence-corrected chi connectivity index (χ4v) is 3.27. The molecule has 1 fully saturated rings. The van der Waals surface area contributed by atoms with Crippen LogP contribution in [0.15, 0.2) is 66.9 Å². The first-order valence-corrected chi connectivity index (χ1v) is 10.1. The van der Waals surface area contributed by atoms with Crippen LogP contribution < -0.4 is 15.5 Å². The van der Waals surface area contributed by atoms with Gasteiger partial charge in [0.1, 0.15) is 5.82 Å². The highest BCUT2D eigenvalue weighted by molar-refractivity contribution is 5.96. The Kier molecular flexibility index (Phi) is 6.32. The second-order valence-electron chi connectivity index (χ2n) is 7.03. The highest BCUT2D eigenvalue weighted by atomic mass is 16.2. The van der Waals surface area contributed by atoms with Crippen molar-refractivity contribution in [3.05, 3.63) is 72.4 Å². The second kappa shape index (κ2) is 9.66. The molecule has 2 amide bonds. The summed E-state index contributed by atoms with van der Waals surface area (Å²) in [6.07, 6.45) is 1.71. The number of nitrogens with zero attached hydrogens (tertiary/aromatic N) is 5. The number of hydrogen-bond donors (Lipinski definition) is 2. The van der Waals surface area contributed by atoms with Crippen molar-refractivity contribution < 1.29 is 9.59 Å². The van der Waals surface area contributed by atoms with E-state index in [1.165, 1.54) is 0 Å². The van der Waals surface area contributed by atoms with Gasteiger partial charge in [0.2, 0.25) is 5.91 Å². The van der Waals surface area contributed by atoms with Gasteiger partial charge in [-0.05, 0) is 36.4 Å². The van der Waals surface area contributed by atoms with Gasteiger partial charge in [-0.15, -0.1) is 10.2 Å². The zero-order valence-electron chi connectivity index (χ0n) is 16.9. The zero-order chi connectivity index (χ0) is 21.5. The van der Waals surface area contributed by atoms with E-state index < -0.39 is 0 Å². The molecule has 0 atom stereocenters. The summed E-state index contributed by atoms with van der Waals surface area (Å²) in [5.41, 5.74) is 0.541. The Bertz CT molecular complexity index is 1010. The number of benzene rings is 1. The van der Waals surface area contributed by atoms with Crippen LogP contribution in [0.25, 0.3) is 0 Å². The molecule has 4 rings (SSSR count). The van der Waals surface area contributed by atoms with Gasteiger partial charge in [0.25, 0.3) is 5.91 Å². The molecule has 9 heteroatoms. The second-order valence-corrected chi connectivity index (χ2v) is 7.03. The summed E-state index contributed by atoms with van der Waals surface area (Å²) in [4.78, 5) is 32.6. The number of anilines is 3. The van der Waals surface area contributed by atoms with E-state index in [-0.39, 0.29) is 18.4 Å². The third-order valence-corrected chi connectivity index (χ3v) is 4.96. The van der Waals surface area contributed by atoms with Gasteiger partial charge < -0.3 is 20.4 Å². The molecule has 31 heavy (non-hydrogen) atoms. The van der Waals surface area contributed by atoms with Crippen LogP contribution in [0.2, 0.25) is 0 Å². The fraction of sp³-hybridized carbons (Fsp3) is 0.227. The largest absolute Gasteiger partial charge is 0.352 e. The van der Waals surface area contributed by atoms with Crippen molar-refractivity contribution in [1.82, 2.24) is 25.4 Å². The molecule has 9 nitrogen and oxygen atoms in total. The van der Waals surface area contributed by atoms with Crippen LogP contribution >= 0.6 is 0 Å². The van der Waals surface area contributed by atoms with Gasteiger partial charge >= 0.3 is 0 Å². The standard InChI is InChI=1S/C22H23N7O2/c30-21(16-24-22(31)17-6-2-1-3-7-17)29-14-12-28(13-15-29)20-10-9-19(26-27-20)25-18-8-4-5-11-23-18/h1-11H,12-16H2,(H,24,31)(H,23,25,26). The molecule has 0 radical (unpaired) electrons. The third kappa shape index (κ3) is 5.33. The lowest BCUT2D eigenvalue weighted by Gasteiger charge is -2.35. The molecule has 1 saturated heterocycles. The monoisotopic (exact) mass is 417 g/mol. The SMILES string of the molecule is O=C(NCC(=O)N1CCN(c2ccc(Nc3ccccn3)nn2)CC1)c1ccccc1. The Morgan fingerprint density at radius 1 is 0.839 bits per heavy atom. The molecule has 0 saturated carbocycles. The highest BCUT2D eigenvalue weighted by Gasteiger charge is 2.22. The van der Waals surface area contributed by atoms with E-state index >= 15 is 0 Å². The molecule has 158 valence electrons. The Morgan fingerprint density at radius 2 is 1.61 bits per heavy atom. The van der Waals surface area contributed by atoms with Crippen LogP contribution in [-0.4, -0.2) is 64.6 Å². The first-order chi connectivity index (χ1) is 15.2. The summed E-state index contributed by atoms with van der Waals surface area (Å²) in [6.45, 7) is 2.42. The van der Waals surface area contributed by atoms with E-state index in [2.05, 4.69) is 30.7 Å². The molecule has 2 N–H and O–H groups in total. The van der Waals surface area contributed by atoms with E-state index in [4.69, 9.17) is 0 Å². The summed E-state index contributed by atoms with van der Waals surface area (Å²) in [7, 11) is 0. The van der Waals surface area contributed by atoms with Crippen molar-refractivity contribution >= 4 is 29.3 Å². The number of pyridine rings is 1. The van der Waals surface area contributed by atoms with Crippen molar-refractivity contribution in [3.63, 3.8) is 0 Å². The fourth-order valence-electron chi connectivity index (χ4n) is 3.27. The average molecular weight is 417 g/mol. The number of amides is 2. The normalized spacial score (nSPS) is 13.5. The van der Waals surface area contributed by atoms with E-state index in [1.54, 1.807) is 35.4 Å². The van der Waals surface area contributed by atoms with Gasteiger partial charge in [-0.3, -0.25) is 9.59 Å². The Morgan fingerprint density at radius 3 is 2.29 bits per heavy atom. The molecule has 1 aliphatic rings. The van der Waals surface area contributed by atoms with E-state index in [0.29, 0.717) is 43.4 Å². The predicted molar refractivity (Wildman–Crippen MR) is 117 cm³/mol. The molecular weight excluding hydrogens is 394 g/mol. The topological polar surface area (TPSA) is 103 Å². The van der Waals surface area contributed by atoms with Gasteiger partial charge in [-0.25, -0.2) is 4.98 Å². The predicted octanol–water partition coefficient (Wildman–Crippen LogP) is 1.69. The molecule has 1 aliphatic heterocycles. The molecule has 0 bridgehead atoms. The van der Waals surface area contributed by atoms with Crippen LogP contribution in [-0.2, 0) is 4.79 Å². The molecular formula is C22H23N7O2. The number of carbonyl (C=O) groups excluding carboxylic acids is 2. The van der Waals surface area contributed by atoms with E-state index in [9.17, 15) is 9.59 Å². The summed E-state index contributed by atoms with van der Waals surface area (Å²) >= 11 is 0. The van der Waals surface area contributed by atoms with Gasteiger partial charge in [0.15, 0.2) is 11.6 Å². The quantitative estimate of drug-likeness (QED) is 0.629. The Labute approximate surface area is 180 Å². The average Bonchev–Trinajstić information content (AvgIpc) is 2.84. The van der Waals surface area contributed by atoms with Gasteiger partial charge in [-0.1, -0.05) is 24.3 Å². The number of aromatic nitrogens is 3. The van der Waals surface area contributed by atoms with Crippen LogP contribution in [0, 0.1) is 0 Å². The summed E-state index contributed by atoms with van der Waals surface area (Å²) < 4.78 is 0. The molecule has 2 aromatic heterocycles. The lowest BCUT2D eigenvalue weighted by atomic mass is 10.2. The molecule has 0 spiro atoms. The van der Waals surface area contributed by atoms with Crippen molar-refractivity contribution in [2.24, 2.45) is 0 Å². The van der Waals surface area contributed by atoms with Crippen LogP contribution in [0.5, 0.6) is 0 Å². The van der Waals surface area contributed by atoms with E-state index in [1.807, 2.05) is 36.4 Å². The van der Waals surface area contributed by atoms with Crippen molar-refractivity contribution in [1.29, 1.82) is 0 Å². The molecule has 3 heterocycles. The molecule has 0 unspecified atom stereocenters. The van der Waals surface area contributed by atoms with Crippen molar-refractivity contribution in [2.75, 3.05) is 42.9 Å². The lowest BCUT2D eigenvalue weighted by molar-refractivity contribution is -0.130. The summed E-state index contributed by atoms with van der Waals surface area (Å²) in [5.74, 6) is 1.74. The molecule has 3 aromatic rings. The van der Waals surface area contributed by atoms with Gasteiger partial charge in [0.05, 0.1) is 6.54 Å². The number of nitrogens with one attached hydrogen (secondary N) is 2. The maximum absolute atomic E-state index is 12.4. The summed E-state index contributed by atoms with van der Waals surface area (Å²) in [6, 6.07) is 18.2. The van der Waals surface area contributed by atoms with Crippen LogP contribution in [0.3, 0.4) is 0 Å². The summed E-state index contributed by atoms with van der Waals surface area (Å²) in [5, 5.41) is 14.3. The Hall–Kier alpha value is -4.01. The van der Waals surface area contributed by atoms with Crippen LogP contribution in [0.1, 0.15) is 10.4 Å². The third-order valence-electron chi connectivity index (χ3n) is 4.96. The number of hydrogen-bond acceptors (Lipinski definition) is 7. The number of piperazine rings is 1. The maximum Gasteiger partial charge on any atom is 0.251 e. The molecule has 1 aromatic carbocycles. The maximum atomic E-state index is 12.4. The number of rotatable bonds is 6. The van der Waals surface area contributed by atoms with Crippen LogP contribution in [0.4, 0.5) is 17.5 Å². The van der Waals surface area contributed by atoms with E-state index in [0.717, 1.165) is 5.82 Å². The first-order valence-electron chi connectivity index (χ1n) is 10.1. The van der Waals surface area contributed by atoms with Gasteiger partial charge in [-0.2, -0.15) is 0 Å². The smallest absolute Gasteiger partial charge is 0.251 e. The minimum atomic E-state index is -0.248. The van der Waals surface area contributed by atoms with Crippen molar-refractivity contribution in [3.8, 4) is 0 Å². The number of carbonyl (C=O) groups is 2. The van der Waals surface area contributed by atoms with Crippen molar-refractivity contribution in [2.45, 2.75) is 0 Å². The Balaban J connectivity index is 1.24. The minimum absolute atomic E-state index is 0.0125. The minimum Gasteiger partial charge on any atom is -0.352 e. The molecule has 0 aliphatic carbocycles.